The van der Waals surface area contributed by atoms with Crippen LogP contribution in [-0.4, -0.2) is 20.8 Å². The van der Waals surface area contributed by atoms with E-state index in [1.807, 2.05) is 0 Å². The maximum Gasteiger partial charge on any atom is 0.216 e. The standard InChI is InChI=1S/C10H8Cl4O2/c11-7-3-1-6(2-4-7)8(15)5-9(16)10(12,13)14/h1-4,9,16H,5H2/t9-/m0/s1. The number of carbonyl (C=O) groups excluding carboxylic acids is 1. The molecule has 0 aliphatic carbocycles. The lowest BCUT2D eigenvalue weighted by molar-refractivity contribution is 0.0885. The Kier molecular flexibility index (Phi) is 4.89. The summed E-state index contributed by atoms with van der Waals surface area (Å²) >= 11 is 22.0. The molecular weight excluding hydrogens is 294 g/mol. The summed E-state index contributed by atoms with van der Waals surface area (Å²) in [5.41, 5.74) is 0.415. The number of carbonyl (C=O) groups is 1. The Bertz CT molecular complexity index is 369. The normalized spacial score (nSPS) is 13.6. The Balaban J connectivity index is 2.70. The van der Waals surface area contributed by atoms with Gasteiger partial charge in [0, 0.05) is 17.0 Å². The average molecular weight is 302 g/mol. The Morgan fingerprint density at radius 1 is 1.25 bits per heavy atom. The number of Topliss-reactive ketones (excluding diaryl/α,β-unsaturated/α-hetero) is 1. The van der Waals surface area contributed by atoms with Gasteiger partial charge in [-0.25, -0.2) is 0 Å². The minimum Gasteiger partial charge on any atom is -0.388 e. The minimum absolute atomic E-state index is 0.252. The van der Waals surface area contributed by atoms with Gasteiger partial charge >= 0.3 is 0 Å². The molecule has 0 aliphatic rings. The second-order valence-electron chi connectivity index (χ2n) is 3.19. The summed E-state index contributed by atoms with van der Waals surface area (Å²) in [6.07, 6.45) is -1.58. The zero-order valence-corrected chi connectivity index (χ0v) is 11.0. The molecule has 1 N–H and O–H groups in total. The predicted octanol–water partition coefficient (Wildman–Crippen LogP) is 3.64. The Morgan fingerprint density at radius 2 is 1.75 bits per heavy atom. The molecule has 6 heteroatoms. The first-order valence-corrected chi connectivity index (χ1v) is 5.85. The molecule has 0 saturated heterocycles. The zero-order valence-electron chi connectivity index (χ0n) is 7.96. The van der Waals surface area contributed by atoms with E-state index in [1.54, 1.807) is 24.3 Å². The van der Waals surface area contributed by atoms with Gasteiger partial charge in [0.25, 0.3) is 0 Å². The van der Waals surface area contributed by atoms with Crippen molar-refractivity contribution >= 4 is 52.2 Å². The second-order valence-corrected chi connectivity index (χ2v) is 6.00. The van der Waals surface area contributed by atoms with Crippen LogP contribution in [-0.2, 0) is 0 Å². The molecule has 0 heterocycles. The molecule has 0 amide bonds. The van der Waals surface area contributed by atoms with Gasteiger partial charge in [-0.05, 0) is 24.3 Å². The fraction of sp³-hybridized carbons (Fsp3) is 0.300. The van der Waals surface area contributed by atoms with Gasteiger partial charge in [0.05, 0.1) is 0 Å². The fourth-order valence-electron chi connectivity index (χ4n) is 1.04. The molecule has 0 bridgehead atoms. The van der Waals surface area contributed by atoms with E-state index in [-0.39, 0.29) is 12.2 Å². The SMILES string of the molecule is O=C(C[C@H](O)C(Cl)(Cl)Cl)c1ccc(Cl)cc1. The number of hydrogen-bond acceptors (Lipinski definition) is 2. The fourth-order valence-corrected chi connectivity index (χ4v) is 1.40. The molecule has 0 unspecified atom stereocenters. The molecule has 0 spiro atoms. The Hall–Kier alpha value is 0.01000. The third-order valence-corrected chi connectivity index (χ3v) is 2.93. The van der Waals surface area contributed by atoms with Gasteiger partial charge in [0.2, 0.25) is 3.79 Å². The summed E-state index contributed by atoms with van der Waals surface area (Å²) in [5.74, 6) is -0.310. The molecule has 1 rings (SSSR count). The topological polar surface area (TPSA) is 37.3 Å². The summed E-state index contributed by atoms with van der Waals surface area (Å²) in [6.45, 7) is 0. The Labute approximate surface area is 113 Å². The lowest BCUT2D eigenvalue weighted by Gasteiger charge is -2.17. The summed E-state index contributed by atoms with van der Waals surface area (Å²) in [4.78, 5) is 11.6. The maximum absolute atomic E-state index is 11.6. The molecule has 0 aromatic heterocycles. The highest BCUT2D eigenvalue weighted by Gasteiger charge is 2.32. The van der Waals surface area contributed by atoms with Gasteiger partial charge in [0.1, 0.15) is 6.10 Å². The molecule has 1 aromatic rings. The summed E-state index contributed by atoms with van der Waals surface area (Å²) in [6, 6.07) is 6.26. The summed E-state index contributed by atoms with van der Waals surface area (Å²) in [7, 11) is 0. The quantitative estimate of drug-likeness (QED) is 0.683. The van der Waals surface area contributed by atoms with Crippen LogP contribution in [0.1, 0.15) is 16.8 Å². The van der Waals surface area contributed by atoms with Crippen LogP contribution in [0.25, 0.3) is 0 Å². The number of hydrogen-bond donors (Lipinski definition) is 1. The van der Waals surface area contributed by atoms with Crippen LogP contribution in [0.3, 0.4) is 0 Å². The van der Waals surface area contributed by atoms with Gasteiger partial charge in [-0.3, -0.25) is 4.79 Å². The summed E-state index contributed by atoms with van der Waals surface area (Å²) in [5, 5.41) is 9.96. The van der Waals surface area contributed by atoms with Crippen LogP contribution in [0.5, 0.6) is 0 Å². The van der Waals surface area contributed by atoms with Crippen molar-refractivity contribution in [2.45, 2.75) is 16.3 Å². The van der Waals surface area contributed by atoms with Crippen molar-refractivity contribution in [2.75, 3.05) is 0 Å². The van der Waals surface area contributed by atoms with E-state index in [4.69, 9.17) is 46.4 Å². The molecule has 1 atom stereocenters. The van der Waals surface area contributed by atoms with E-state index >= 15 is 0 Å². The van der Waals surface area contributed by atoms with Crippen LogP contribution in [0.4, 0.5) is 0 Å². The molecule has 88 valence electrons. The van der Waals surface area contributed by atoms with Gasteiger partial charge in [-0.15, -0.1) is 0 Å². The third kappa shape index (κ3) is 4.11. The van der Waals surface area contributed by atoms with E-state index in [9.17, 15) is 9.90 Å². The van der Waals surface area contributed by atoms with Crippen molar-refractivity contribution < 1.29 is 9.90 Å². The van der Waals surface area contributed by atoms with Gasteiger partial charge < -0.3 is 5.11 Å². The molecule has 0 saturated carbocycles. The van der Waals surface area contributed by atoms with E-state index in [0.717, 1.165) is 0 Å². The number of ketones is 1. The van der Waals surface area contributed by atoms with Crippen molar-refractivity contribution in [3.63, 3.8) is 0 Å². The number of aliphatic hydroxyl groups is 1. The molecule has 16 heavy (non-hydrogen) atoms. The number of rotatable bonds is 3. The largest absolute Gasteiger partial charge is 0.388 e. The number of alkyl halides is 3. The van der Waals surface area contributed by atoms with Crippen molar-refractivity contribution in [1.29, 1.82) is 0 Å². The van der Waals surface area contributed by atoms with E-state index in [2.05, 4.69) is 0 Å². The number of benzene rings is 1. The van der Waals surface area contributed by atoms with Crippen molar-refractivity contribution in [3.05, 3.63) is 34.9 Å². The highest BCUT2D eigenvalue weighted by Crippen LogP contribution is 2.32. The van der Waals surface area contributed by atoms with Crippen molar-refractivity contribution in [1.82, 2.24) is 0 Å². The molecular formula is C10H8Cl4O2. The van der Waals surface area contributed by atoms with E-state index in [1.165, 1.54) is 0 Å². The lowest BCUT2D eigenvalue weighted by atomic mass is 10.1. The second kappa shape index (κ2) is 5.56. The van der Waals surface area contributed by atoms with Crippen LogP contribution in [0.15, 0.2) is 24.3 Å². The predicted molar refractivity (Wildman–Crippen MR) is 66.7 cm³/mol. The van der Waals surface area contributed by atoms with Crippen LogP contribution in [0, 0.1) is 0 Å². The molecule has 0 fully saturated rings. The number of halogens is 4. The maximum atomic E-state index is 11.6. The minimum atomic E-state index is -1.86. The van der Waals surface area contributed by atoms with Crippen LogP contribution >= 0.6 is 46.4 Å². The monoisotopic (exact) mass is 300 g/mol. The first-order chi connectivity index (χ1) is 7.30. The molecule has 1 aromatic carbocycles. The van der Waals surface area contributed by atoms with Crippen molar-refractivity contribution in [2.24, 2.45) is 0 Å². The van der Waals surface area contributed by atoms with E-state index < -0.39 is 9.90 Å². The molecule has 0 aliphatic heterocycles. The third-order valence-electron chi connectivity index (χ3n) is 1.92. The van der Waals surface area contributed by atoms with Crippen molar-refractivity contribution in [3.8, 4) is 0 Å². The van der Waals surface area contributed by atoms with E-state index in [0.29, 0.717) is 10.6 Å². The highest BCUT2D eigenvalue weighted by atomic mass is 35.6. The lowest BCUT2D eigenvalue weighted by Crippen LogP contribution is -2.27. The first-order valence-electron chi connectivity index (χ1n) is 4.34. The highest BCUT2D eigenvalue weighted by molar-refractivity contribution is 6.68. The molecule has 2 nitrogen and oxygen atoms in total. The zero-order chi connectivity index (χ0) is 12.3. The van der Waals surface area contributed by atoms with Gasteiger partial charge in [0.15, 0.2) is 5.78 Å². The van der Waals surface area contributed by atoms with Gasteiger partial charge in [-0.1, -0.05) is 46.4 Å². The number of aliphatic hydroxyl groups excluding tert-OH is 1. The Morgan fingerprint density at radius 3 is 2.19 bits per heavy atom. The smallest absolute Gasteiger partial charge is 0.216 e. The summed E-state index contributed by atoms with van der Waals surface area (Å²) < 4.78 is -1.86. The first kappa shape index (κ1) is 14.1. The van der Waals surface area contributed by atoms with Crippen LogP contribution < -0.4 is 0 Å². The molecule has 0 radical (unpaired) electrons. The average Bonchev–Trinajstić information content (AvgIpc) is 2.17. The van der Waals surface area contributed by atoms with Gasteiger partial charge in [-0.2, -0.15) is 0 Å². The van der Waals surface area contributed by atoms with Crippen LogP contribution in [0.2, 0.25) is 5.02 Å².